The molecule has 2 heteroatoms. The number of fused-ring (bicyclic) bond motifs is 1. The molecule has 1 heterocycles. The molecule has 1 aliphatic rings. The fourth-order valence-corrected chi connectivity index (χ4v) is 2.62. The number of nitrogens with one attached hydrogen (secondary N) is 1. The Morgan fingerprint density at radius 1 is 1.11 bits per heavy atom. The van der Waals surface area contributed by atoms with Gasteiger partial charge in [-0.25, -0.2) is 4.39 Å². The van der Waals surface area contributed by atoms with Crippen molar-refractivity contribution in [3.63, 3.8) is 0 Å². The molecule has 0 saturated carbocycles. The Bertz CT molecular complexity index is 536. The van der Waals surface area contributed by atoms with Crippen LogP contribution in [0.2, 0.25) is 0 Å². The van der Waals surface area contributed by atoms with Gasteiger partial charge in [-0.05, 0) is 42.0 Å². The smallest absolute Gasteiger partial charge is 0.125 e. The maximum Gasteiger partial charge on any atom is 0.125 e. The quantitative estimate of drug-likeness (QED) is 0.846. The highest BCUT2D eigenvalue weighted by Crippen LogP contribution is 2.27. The molecule has 0 aromatic heterocycles. The zero-order chi connectivity index (χ0) is 12.4. The van der Waals surface area contributed by atoms with Crippen molar-refractivity contribution in [1.82, 2.24) is 0 Å². The van der Waals surface area contributed by atoms with E-state index in [1.165, 1.54) is 11.1 Å². The van der Waals surface area contributed by atoms with Gasteiger partial charge in [-0.2, -0.15) is 0 Å². The van der Waals surface area contributed by atoms with Crippen LogP contribution in [0.5, 0.6) is 0 Å². The molecule has 1 nitrogen and oxygen atoms in total. The monoisotopic (exact) mass is 241 g/mol. The van der Waals surface area contributed by atoms with Gasteiger partial charge in [0.1, 0.15) is 5.82 Å². The third kappa shape index (κ3) is 2.37. The summed E-state index contributed by atoms with van der Waals surface area (Å²) < 4.78 is 13.1. The summed E-state index contributed by atoms with van der Waals surface area (Å²) >= 11 is 0. The number of anilines is 1. The average Bonchev–Trinajstić information content (AvgIpc) is 2.40. The Hall–Kier alpha value is -1.83. The highest BCUT2D eigenvalue weighted by atomic mass is 19.1. The van der Waals surface area contributed by atoms with Gasteiger partial charge >= 0.3 is 0 Å². The molecule has 0 aliphatic carbocycles. The highest BCUT2D eigenvalue weighted by molar-refractivity contribution is 5.53. The topological polar surface area (TPSA) is 12.0 Å². The summed E-state index contributed by atoms with van der Waals surface area (Å²) in [5.41, 5.74) is 3.55. The summed E-state index contributed by atoms with van der Waals surface area (Å²) in [5, 5.41) is 3.33. The Morgan fingerprint density at radius 2 is 1.94 bits per heavy atom. The molecule has 1 N–H and O–H groups in total. The maximum absolute atomic E-state index is 13.1. The summed E-state index contributed by atoms with van der Waals surface area (Å²) in [7, 11) is 0. The van der Waals surface area contributed by atoms with E-state index in [4.69, 9.17) is 0 Å². The summed E-state index contributed by atoms with van der Waals surface area (Å²) in [6.45, 7) is 0.922. The van der Waals surface area contributed by atoms with Crippen molar-refractivity contribution >= 4 is 5.69 Å². The zero-order valence-electron chi connectivity index (χ0n) is 10.2. The molecule has 0 bridgehead atoms. The first-order valence-electron chi connectivity index (χ1n) is 6.37. The number of hydrogen-bond acceptors (Lipinski definition) is 1. The van der Waals surface area contributed by atoms with E-state index in [1.54, 1.807) is 12.1 Å². The fraction of sp³-hybridized carbons (Fsp3) is 0.250. The third-order valence-electron chi connectivity index (χ3n) is 3.53. The van der Waals surface area contributed by atoms with Gasteiger partial charge in [0.05, 0.1) is 0 Å². The van der Waals surface area contributed by atoms with Crippen LogP contribution < -0.4 is 5.32 Å². The van der Waals surface area contributed by atoms with Crippen LogP contribution in [0.3, 0.4) is 0 Å². The normalized spacial score (nSPS) is 17.9. The lowest BCUT2D eigenvalue weighted by atomic mass is 9.89. The first kappa shape index (κ1) is 11.3. The van der Waals surface area contributed by atoms with Crippen molar-refractivity contribution in [3.8, 4) is 0 Å². The molecule has 0 spiro atoms. The van der Waals surface area contributed by atoms with E-state index in [2.05, 4.69) is 29.6 Å². The molecule has 0 radical (unpaired) electrons. The molecule has 1 aliphatic heterocycles. The Labute approximate surface area is 107 Å². The number of hydrogen-bond donors (Lipinski definition) is 1. The van der Waals surface area contributed by atoms with Crippen LogP contribution in [0.15, 0.2) is 48.5 Å². The van der Waals surface area contributed by atoms with E-state index in [0.29, 0.717) is 5.92 Å². The van der Waals surface area contributed by atoms with E-state index in [9.17, 15) is 4.39 Å². The minimum absolute atomic E-state index is 0.164. The zero-order valence-corrected chi connectivity index (χ0v) is 10.2. The number of rotatable bonds is 2. The van der Waals surface area contributed by atoms with Crippen LogP contribution in [0, 0.1) is 11.7 Å². The van der Waals surface area contributed by atoms with Crippen LogP contribution in [0.1, 0.15) is 11.1 Å². The molecule has 0 amide bonds. The number of halogens is 1. The minimum atomic E-state index is -0.164. The van der Waals surface area contributed by atoms with E-state index in [0.717, 1.165) is 25.1 Å². The summed E-state index contributed by atoms with van der Waals surface area (Å²) in [6, 6.07) is 15.6. The van der Waals surface area contributed by atoms with E-state index in [1.807, 2.05) is 12.1 Å². The summed E-state index contributed by atoms with van der Waals surface area (Å²) in [6.07, 6.45) is 2.10. The molecule has 1 unspecified atom stereocenters. The van der Waals surface area contributed by atoms with Gasteiger partial charge in [0.25, 0.3) is 0 Å². The van der Waals surface area contributed by atoms with Gasteiger partial charge in [-0.3, -0.25) is 0 Å². The van der Waals surface area contributed by atoms with Gasteiger partial charge in [0, 0.05) is 12.2 Å². The SMILES string of the molecule is Fc1ccc2c(c1)NCC(Cc1ccccc1)C2. The van der Waals surface area contributed by atoms with Crippen molar-refractivity contribution in [2.24, 2.45) is 5.92 Å². The molecule has 0 saturated heterocycles. The predicted molar refractivity (Wildman–Crippen MR) is 72.2 cm³/mol. The lowest BCUT2D eigenvalue weighted by Crippen LogP contribution is -2.24. The second kappa shape index (κ2) is 4.81. The second-order valence-electron chi connectivity index (χ2n) is 4.94. The van der Waals surface area contributed by atoms with Gasteiger partial charge in [-0.15, -0.1) is 0 Å². The second-order valence-corrected chi connectivity index (χ2v) is 4.94. The van der Waals surface area contributed by atoms with Crippen LogP contribution in [-0.4, -0.2) is 6.54 Å². The number of benzene rings is 2. The Kier molecular flexibility index (Phi) is 3.01. The molecule has 1 atom stereocenters. The van der Waals surface area contributed by atoms with Gasteiger partial charge < -0.3 is 5.32 Å². The predicted octanol–water partition coefficient (Wildman–Crippen LogP) is 3.65. The lowest BCUT2D eigenvalue weighted by molar-refractivity contribution is 0.533. The third-order valence-corrected chi connectivity index (χ3v) is 3.53. The first-order valence-corrected chi connectivity index (χ1v) is 6.37. The molecule has 0 fully saturated rings. The summed E-state index contributed by atoms with van der Waals surface area (Å²) in [5.74, 6) is 0.424. The molecule has 2 aromatic carbocycles. The van der Waals surface area contributed by atoms with E-state index < -0.39 is 0 Å². The standard InChI is InChI=1S/C16H16FN/c17-15-7-6-14-9-13(11-18-16(14)10-15)8-12-4-2-1-3-5-12/h1-7,10,13,18H,8-9,11H2. The van der Waals surface area contributed by atoms with Gasteiger partial charge in [-0.1, -0.05) is 36.4 Å². The van der Waals surface area contributed by atoms with Crippen LogP contribution in [-0.2, 0) is 12.8 Å². The van der Waals surface area contributed by atoms with Crippen molar-refractivity contribution in [3.05, 3.63) is 65.5 Å². The minimum Gasteiger partial charge on any atom is -0.384 e. The van der Waals surface area contributed by atoms with E-state index >= 15 is 0 Å². The van der Waals surface area contributed by atoms with Crippen molar-refractivity contribution < 1.29 is 4.39 Å². The van der Waals surface area contributed by atoms with Gasteiger partial charge in [0.2, 0.25) is 0 Å². The lowest BCUT2D eigenvalue weighted by Gasteiger charge is -2.26. The largest absolute Gasteiger partial charge is 0.384 e. The maximum atomic E-state index is 13.1. The first-order chi connectivity index (χ1) is 8.81. The van der Waals surface area contributed by atoms with Crippen LogP contribution >= 0.6 is 0 Å². The molecular formula is C16H16FN. The molecule has 3 rings (SSSR count). The summed E-state index contributed by atoms with van der Waals surface area (Å²) in [4.78, 5) is 0. The highest BCUT2D eigenvalue weighted by Gasteiger charge is 2.18. The van der Waals surface area contributed by atoms with Crippen LogP contribution in [0.25, 0.3) is 0 Å². The fourth-order valence-electron chi connectivity index (χ4n) is 2.62. The average molecular weight is 241 g/mol. The Balaban J connectivity index is 1.73. The molecular weight excluding hydrogens is 225 g/mol. The van der Waals surface area contributed by atoms with Crippen molar-refractivity contribution in [2.75, 3.05) is 11.9 Å². The van der Waals surface area contributed by atoms with Gasteiger partial charge in [0.15, 0.2) is 0 Å². The molecule has 92 valence electrons. The van der Waals surface area contributed by atoms with Crippen LogP contribution in [0.4, 0.5) is 10.1 Å². The van der Waals surface area contributed by atoms with Crippen molar-refractivity contribution in [1.29, 1.82) is 0 Å². The van der Waals surface area contributed by atoms with E-state index in [-0.39, 0.29) is 5.82 Å². The Morgan fingerprint density at radius 3 is 2.78 bits per heavy atom. The molecule has 2 aromatic rings. The molecule has 18 heavy (non-hydrogen) atoms. The van der Waals surface area contributed by atoms with Crippen molar-refractivity contribution in [2.45, 2.75) is 12.8 Å².